The highest BCUT2D eigenvalue weighted by Gasteiger charge is 2.20. The SMILES string of the molecule is Cc1ccc(C)c(NS(=O)(=O)c2cc(C(=O)Nc3ccc(I)cc3C)ccc2C)c1. The van der Waals surface area contributed by atoms with Gasteiger partial charge in [-0.2, -0.15) is 0 Å². The van der Waals surface area contributed by atoms with Gasteiger partial charge in [0.1, 0.15) is 0 Å². The minimum absolute atomic E-state index is 0.0791. The quantitative estimate of drug-likeness (QED) is 0.420. The standard InChI is InChI=1S/C23H23IN2O3S/c1-14-5-6-15(2)21(11-14)26-30(28,29)22-13-18(8-7-16(22)3)23(27)25-20-10-9-19(24)12-17(20)4/h5-13,26H,1-4H3,(H,25,27). The summed E-state index contributed by atoms with van der Waals surface area (Å²) in [4.78, 5) is 12.8. The van der Waals surface area contributed by atoms with E-state index in [0.717, 1.165) is 20.3 Å². The predicted octanol–water partition coefficient (Wildman–Crippen LogP) is 5.58. The van der Waals surface area contributed by atoms with Gasteiger partial charge in [0.05, 0.1) is 10.6 Å². The molecule has 0 saturated carbocycles. The maximum absolute atomic E-state index is 13.1. The fourth-order valence-electron chi connectivity index (χ4n) is 3.04. The molecule has 0 aromatic heterocycles. The molecule has 5 nitrogen and oxygen atoms in total. The van der Waals surface area contributed by atoms with Gasteiger partial charge >= 0.3 is 0 Å². The van der Waals surface area contributed by atoms with Crippen LogP contribution in [0.25, 0.3) is 0 Å². The van der Waals surface area contributed by atoms with Gasteiger partial charge in [-0.05, 0) is 109 Å². The van der Waals surface area contributed by atoms with Crippen molar-refractivity contribution in [2.45, 2.75) is 32.6 Å². The summed E-state index contributed by atoms with van der Waals surface area (Å²) in [5, 5.41) is 2.86. The molecule has 30 heavy (non-hydrogen) atoms. The second-order valence-corrected chi connectivity index (χ2v) is 10.2. The monoisotopic (exact) mass is 534 g/mol. The van der Waals surface area contributed by atoms with E-state index in [1.165, 1.54) is 6.07 Å². The molecular formula is C23H23IN2O3S. The van der Waals surface area contributed by atoms with Gasteiger partial charge in [0.15, 0.2) is 0 Å². The number of sulfonamides is 1. The van der Waals surface area contributed by atoms with Crippen molar-refractivity contribution in [3.05, 3.63) is 86.0 Å². The Balaban J connectivity index is 1.92. The van der Waals surface area contributed by atoms with Crippen molar-refractivity contribution >= 4 is 49.9 Å². The van der Waals surface area contributed by atoms with Gasteiger partial charge in [-0.15, -0.1) is 0 Å². The number of nitrogens with one attached hydrogen (secondary N) is 2. The third-order valence-electron chi connectivity index (χ3n) is 4.81. The lowest BCUT2D eigenvalue weighted by atomic mass is 10.1. The van der Waals surface area contributed by atoms with Gasteiger partial charge in [-0.25, -0.2) is 8.42 Å². The zero-order chi connectivity index (χ0) is 22.1. The van der Waals surface area contributed by atoms with Crippen LogP contribution < -0.4 is 10.0 Å². The largest absolute Gasteiger partial charge is 0.322 e. The molecule has 0 heterocycles. The van der Waals surface area contributed by atoms with Crippen LogP contribution in [0.4, 0.5) is 11.4 Å². The van der Waals surface area contributed by atoms with E-state index in [4.69, 9.17) is 0 Å². The summed E-state index contributed by atoms with van der Waals surface area (Å²) in [6, 6.07) is 16.0. The van der Waals surface area contributed by atoms with Crippen LogP contribution in [0.5, 0.6) is 0 Å². The van der Waals surface area contributed by atoms with Crippen molar-refractivity contribution in [2.75, 3.05) is 10.0 Å². The van der Waals surface area contributed by atoms with Crippen molar-refractivity contribution in [3.63, 3.8) is 0 Å². The van der Waals surface area contributed by atoms with Gasteiger partial charge in [0.2, 0.25) is 0 Å². The summed E-state index contributed by atoms with van der Waals surface area (Å²) in [5.41, 5.74) is 4.78. The number of halogens is 1. The molecule has 7 heteroatoms. The topological polar surface area (TPSA) is 75.3 Å². The fourth-order valence-corrected chi connectivity index (χ4v) is 5.08. The van der Waals surface area contributed by atoms with E-state index in [0.29, 0.717) is 16.9 Å². The van der Waals surface area contributed by atoms with Crippen LogP contribution >= 0.6 is 22.6 Å². The minimum Gasteiger partial charge on any atom is -0.322 e. The van der Waals surface area contributed by atoms with E-state index in [1.54, 1.807) is 25.1 Å². The lowest BCUT2D eigenvalue weighted by molar-refractivity contribution is 0.102. The third kappa shape index (κ3) is 5.02. The number of aryl methyl sites for hydroxylation is 4. The van der Waals surface area contributed by atoms with E-state index in [1.807, 2.05) is 51.1 Å². The number of amides is 1. The molecule has 1 amide bonds. The fraction of sp³-hybridized carbons (Fsp3) is 0.174. The molecule has 3 aromatic rings. The zero-order valence-electron chi connectivity index (χ0n) is 17.2. The Hall–Kier alpha value is -2.39. The third-order valence-corrected chi connectivity index (χ3v) is 6.99. The summed E-state index contributed by atoms with van der Waals surface area (Å²) in [6.07, 6.45) is 0. The number of anilines is 2. The molecule has 0 aliphatic carbocycles. The predicted molar refractivity (Wildman–Crippen MR) is 130 cm³/mol. The van der Waals surface area contributed by atoms with Crippen LogP contribution in [-0.2, 0) is 10.0 Å². The van der Waals surface area contributed by atoms with E-state index in [2.05, 4.69) is 32.6 Å². The van der Waals surface area contributed by atoms with Crippen LogP contribution in [0.1, 0.15) is 32.6 Å². The molecule has 0 aliphatic heterocycles. The van der Waals surface area contributed by atoms with Crippen molar-refractivity contribution in [2.24, 2.45) is 0 Å². The van der Waals surface area contributed by atoms with Gasteiger partial charge in [0, 0.05) is 14.8 Å². The molecule has 3 rings (SSSR count). The van der Waals surface area contributed by atoms with E-state index in [-0.39, 0.29) is 16.4 Å². The smallest absolute Gasteiger partial charge is 0.262 e. The Morgan fingerprint density at radius 3 is 2.20 bits per heavy atom. The van der Waals surface area contributed by atoms with Crippen LogP contribution in [0.2, 0.25) is 0 Å². The Labute approximate surface area is 191 Å². The van der Waals surface area contributed by atoms with Gasteiger partial charge in [-0.3, -0.25) is 9.52 Å². The molecule has 0 unspecified atom stereocenters. The summed E-state index contributed by atoms with van der Waals surface area (Å²) >= 11 is 2.21. The Morgan fingerprint density at radius 2 is 1.50 bits per heavy atom. The first-order chi connectivity index (χ1) is 14.1. The second kappa shape index (κ2) is 8.77. The molecule has 3 aromatic carbocycles. The highest BCUT2D eigenvalue weighted by atomic mass is 127. The second-order valence-electron chi connectivity index (χ2n) is 7.32. The maximum atomic E-state index is 13.1. The maximum Gasteiger partial charge on any atom is 0.262 e. The van der Waals surface area contributed by atoms with Gasteiger partial charge < -0.3 is 5.32 Å². The van der Waals surface area contributed by atoms with Gasteiger partial charge in [0.25, 0.3) is 15.9 Å². The summed E-state index contributed by atoms with van der Waals surface area (Å²) in [5.74, 6) is -0.359. The van der Waals surface area contributed by atoms with E-state index < -0.39 is 10.0 Å². The van der Waals surface area contributed by atoms with Crippen LogP contribution in [0, 0.1) is 31.3 Å². The molecule has 0 bridgehead atoms. The molecule has 156 valence electrons. The Kier molecular flexibility index (Phi) is 6.52. The zero-order valence-corrected chi connectivity index (χ0v) is 20.2. The van der Waals surface area contributed by atoms with Crippen LogP contribution in [-0.4, -0.2) is 14.3 Å². The lowest BCUT2D eigenvalue weighted by Crippen LogP contribution is -2.18. The molecule has 0 saturated heterocycles. The van der Waals surface area contributed by atoms with E-state index >= 15 is 0 Å². The van der Waals surface area contributed by atoms with E-state index in [9.17, 15) is 13.2 Å². The number of carbonyl (C=O) groups is 1. The average Bonchev–Trinajstić information content (AvgIpc) is 2.67. The highest BCUT2D eigenvalue weighted by molar-refractivity contribution is 14.1. The lowest BCUT2D eigenvalue weighted by Gasteiger charge is -2.14. The molecule has 0 aliphatic rings. The molecule has 0 radical (unpaired) electrons. The molecule has 0 atom stereocenters. The summed E-state index contributed by atoms with van der Waals surface area (Å²) in [7, 11) is -3.86. The summed E-state index contributed by atoms with van der Waals surface area (Å²) < 4.78 is 29.9. The first-order valence-corrected chi connectivity index (χ1v) is 11.9. The Morgan fingerprint density at radius 1 is 0.800 bits per heavy atom. The van der Waals surface area contributed by atoms with Gasteiger partial charge in [-0.1, -0.05) is 18.2 Å². The number of hydrogen-bond acceptors (Lipinski definition) is 3. The van der Waals surface area contributed by atoms with Crippen LogP contribution in [0.3, 0.4) is 0 Å². The number of hydrogen-bond donors (Lipinski definition) is 2. The van der Waals surface area contributed by atoms with Crippen molar-refractivity contribution in [1.82, 2.24) is 0 Å². The number of benzene rings is 3. The first kappa shape index (κ1) is 22.3. The molecule has 0 fully saturated rings. The van der Waals surface area contributed by atoms with Crippen molar-refractivity contribution < 1.29 is 13.2 Å². The van der Waals surface area contributed by atoms with Crippen LogP contribution in [0.15, 0.2) is 59.5 Å². The number of rotatable bonds is 5. The normalized spacial score (nSPS) is 11.2. The Bertz CT molecular complexity index is 1240. The molecule has 0 spiro atoms. The average molecular weight is 534 g/mol. The summed E-state index contributed by atoms with van der Waals surface area (Å²) in [6.45, 7) is 7.37. The highest BCUT2D eigenvalue weighted by Crippen LogP contribution is 2.25. The molecular weight excluding hydrogens is 511 g/mol. The number of carbonyl (C=O) groups excluding carboxylic acids is 1. The molecule has 2 N–H and O–H groups in total. The first-order valence-electron chi connectivity index (χ1n) is 9.35. The van der Waals surface area contributed by atoms with Crippen molar-refractivity contribution in [3.8, 4) is 0 Å². The van der Waals surface area contributed by atoms with Crippen molar-refractivity contribution in [1.29, 1.82) is 0 Å². The minimum atomic E-state index is -3.86.